The molecule has 1 amide bonds. The minimum absolute atomic E-state index is 0.0528. The summed E-state index contributed by atoms with van der Waals surface area (Å²) in [7, 11) is 0. The molecule has 28 heavy (non-hydrogen) atoms. The molecule has 5 nitrogen and oxygen atoms in total. The second-order valence-corrected chi connectivity index (χ2v) is 7.15. The van der Waals surface area contributed by atoms with Crippen LogP contribution in [-0.4, -0.2) is 24.9 Å². The second-order valence-electron chi connectivity index (χ2n) is 6.75. The van der Waals surface area contributed by atoms with E-state index >= 15 is 0 Å². The Hall–Kier alpha value is -2.53. The third-order valence-corrected chi connectivity index (χ3v) is 4.82. The number of rotatable bonds is 7. The summed E-state index contributed by atoms with van der Waals surface area (Å²) in [4.78, 5) is 24.6. The molecule has 0 aromatic heterocycles. The summed E-state index contributed by atoms with van der Waals surface area (Å²) < 4.78 is 11.2. The van der Waals surface area contributed by atoms with Gasteiger partial charge in [0.05, 0.1) is 23.9 Å². The molecule has 2 aromatic rings. The van der Waals surface area contributed by atoms with E-state index in [0.29, 0.717) is 41.0 Å². The summed E-state index contributed by atoms with van der Waals surface area (Å²) in [5, 5.41) is 3.13. The number of carbonyl (C=O) groups is 2. The Kier molecular flexibility index (Phi) is 6.93. The van der Waals surface area contributed by atoms with E-state index in [0.717, 1.165) is 19.3 Å². The highest BCUT2D eigenvalue weighted by Crippen LogP contribution is 2.37. The van der Waals surface area contributed by atoms with Crippen LogP contribution in [0, 0.1) is 0 Å². The number of hydrogen-bond acceptors (Lipinski definition) is 4. The fraction of sp³-hybridized carbons (Fsp3) is 0.364. The van der Waals surface area contributed by atoms with Gasteiger partial charge in [-0.1, -0.05) is 49.2 Å². The Morgan fingerprint density at radius 1 is 1.04 bits per heavy atom. The summed E-state index contributed by atoms with van der Waals surface area (Å²) in [6.07, 6.45) is 3.07. The van der Waals surface area contributed by atoms with Gasteiger partial charge < -0.3 is 14.8 Å². The normalized spacial score (nSPS) is 12.9. The molecular formula is C22H24ClNO4. The largest absolute Gasteiger partial charge is 0.490 e. The first-order valence-corrected chi connectivity index (χ1v) is 9.95. The lowest BCUT2D eigenvalue weighted by atomic mass is 10.0. The molecular weight excluding hydrogens is 378 g/mol. The molecule has 1 heterocycles. The molecule has 0 aliphatic carbocycles. The molecule has 2 aromatic carbocycles. The maximum atomic E-state index is 12.3. The average Bonchev–Trinajstić information content (AvgIpc) is 2.92. The van der Waals surface area contributed by atoms with Crippen molar-refractivity contribution in [1.29, 1.82) is 0 Å². The van der Waals surface area contributed by atoms with Crippen LogP contribution in [0.4, 0.5) is 5.69 Å². The van der Waals surface area contributed by atoms with Crippen molar-refractivity contribution < 1.29 is 19.1 Å². The molecule has 0 fully saturated rings. The molecule has 6 heteroatoms. The summed E-state index contributed by atoms with van der Waals surface area (Å²) in [6.45, 7) is 3.23. The van der Waals surface area contributed by atoms with Crippen LogP contribution in [0.3, 0.4) is 0 Å². The molecule has 1 N–H and O–H groups in total. The van der Waals surface area contributed by atoms with Gasteiger partial charge in [-0.3, -0.25) is 9.59 Å². The molecule has 0 saturated heterocycles. The van der Waals surface area contributed by atoms with Gasteiger partial charge in [0.2, 0.25) is 5.91 Å². The quantitative estimate of drug-likeness (QED) is 0.659. The number of anilines is 1. The van der Waals surface area contributed by atoms with Crippen LogP contribution in [0.5, 0.6) is 11.5 Å². The smallest absolute Gasteiger partial charge is 0.224 e. The number of amides is 1. The van der Waals surface area contributed by atoms with Crippen molar-refractivity contribution in [2.75, 3.05) is 18.5 Å². The lowest BCUT2D eigenvalue weighted by molar-refractivity contribution is -0.116. The lowest BCUT2D eigenvalue weighted by Crippen LogP contribution is -2.14. The van der Waals surface area contributed by atoms with Crippen molar-refractivity contribution in [3.05, 3.63) is 52.5 Å². The van der Waals surface area contributed by atoms with Gasteiger partial charge in [-0.25, -0.2) is 0 Å². The molecule has 0 radical (unpaired) electrons. The lowest BCUT2D eigenvalue weighted by Gasteiger charge is -2.12. The Bertz CT molecular complexity index is 848. The second kappa shape index (κ2) is 9.60. The van der Waals surface area contributed by atoms with Gasteiger partial charge in [0.15, 0.2) is 17.3 Å². The van der Waals surface area contributed by atoms with Gasteiger partial charge >= 0.3 is 0 Å². The maximum absolute atomic E-state index is 12.3. The molecule has 0 unspecified atom stereocenters. The van der Waals surface area contributed by atoms with Gasteiger partial charge in [0.25, 0.3) is 0 Å². The SMILES string of the molecule is CCCc1ccc(C(=O)CCC(=O)Nc2cc3c(cc2Cl)OCCCO3)cc1. The molecule has 3 rings (SSSR count). The number of ketones is 1. The summed E-state index contributed by atoms with van der Waals surface area (Å²) in [5.74, 6) is 0.804. The Balaban J connectivity index is 1.57. The monoisotopic (exact) mass is 401 g/mol. The fourth-order valence-corrected chi connectivity index (χ4v) is 3.21. The Labute approximate surface area is 170 Å². The highest BCUT2D eigenvalue weighted by molar-refractivity contribution is 6.34. The van der Waals surface area contributed by atoms with Crippen molar-refractivity contribution in [2.24, 2.45) is 0 Å². The van der Waals surface area contributed by atoms with E-state index in [2.05, 4.69) is 12.2 Å². The van der Waals surface area contributed by atoms with E-state index in [1.165, 1.54) is 5.56 Å². The zero-order chi connectivity index (χ0) is 19.9. The van der Waals surface area contributed by atoms with Gasteiger partial charge in [-0.2, -0.15) is 0 Å². The standard InChI is InChI=1S/C22H24ClNO4/c1-2-4-15-5-7-16(8-6-15)19(25)9-10-22(26)24-18-14-21-20(13-17(18)23)27-11-3-12-28-21/h5-8,13-14H,2-4,9-12H2,1H3,(H,24,26). The summed E-state index contributed by atoms with van der Waals surface area (Å²) in [5.41, 5.74) is 2.29. The van der Waals surface area contributed by atoms with Gasteiger partial charge in [0, 0.05) is 37.0 Å². The van der Waals surface area contributed by atoms with Gasteiger partial charge in [0.1, 0.15) is 0 Å². The first kappa shape index (κ1) is 20.2. The number of aryl methyl sites for hydroxylation is 1. The highest BCUT2D eigenvalue weighted by Gasteiger charge is 2.16. The number of Topliss-reactive ketones (excluding diaryl/α,β-unsaturated/α-hetero) is 1. The first-order chi connectivity index (χ1) is 13.6. The summed E-state index contributed by atoms with van der Waals surface area (Å²) >= 11 is 6.24. The van der Waals surface area contributed by atoms with Crippen LogP contribution in [0.1, 0.15) is 48.5 Å². The zero-order valence-corrected chi connectivity index (χ0v) is 16.7. The highest BCUT2D eigenvalue weighted by atomic mass is 35.5. The van der Waals surface area contributed by atoms with Crippen LogP contribution in [0.2, 0.25) is 5.02 Å². The van der Waals surface area contributed by atoms with E-state index in [1.54, 1.807) is 12.1 Å². The van der Waals surface area contributed by atoms with Crippen molar-refractivity contribution >= 4 is 29.0 Å². The molecule has 1 aliphatic heterocycles. The maximum Gasteiger partial charge on any atom is 0.224 e. The summed E-state index contributed by atoms with van der Waals surface area (Å²) in [6, 6.07) is 10.9. The zero-order valence-electron chi connectivity index (χ0n) is 15.9. The van der Waals surface area contributed by atoms with Gasteiger partial charge in [-0.05, 0) is 12.0 Å². The number of halogens is 1. The molecule has 1 aliphatic rings. The Morgan fingerprint density at radius 2 is 1.71 bits per heavy atom. The minimum atomic E-state index is -0.271. The first-order valence-electron chi connectivity index (χ1n) is 9.58. The predicted molar refractivity (Wildman–Crippen MR) is 110 cm³/mol. The topological polar surface area (TPSA) is 64.6 Å². The number of fused-ring (bicyclic) bond motifs is 1. The number of carbonyl (C=O) groups excluding carboxylic acids is 2. The van der Waals surface area contributed by atoms with Crippen LogP contribution in [0.15, 0.2) is 36.4 Å². The average molecular weight is 402 g/mol. The third-order valence-electron chi connectivity index (χ3n) is 4.51. The van der Waals surface area contributed by atoms with Crippen molar-refractivity contribution in [3.63, 3.8) is 0 Å². The van der Waals surface area contributed by atoms with Gasteiger partial charge in [-0.15, -0.1) is 0 Å². The van der Waals surface area contributed by atoms with E-state index in [9.17, 15) is 9.59 Å². The van der Waals surface area contributed by atoms with Crippen LogP contribution >= 0.6 is 11.6 Å². The van der Waals surface area contributed by atoms with E-state index in [-0.39, 0.29) is 24.5 Å². The van der Waals surface area contributed by atoms with Crippen LogP contribution < -0.4 is 14.8 Å². The molecule has 148 valence electrons. The number of nitrogens with one attached hydrogen (secondary N) is 1. The number of benzene rings is 2. The van der Waals surface area contributed by atoms with Crippen molar-refractivity contribution in [3.8, 4) is 11.5 Å². The molecule has 0 bridgehead atoms. The molecule has 0 spiro atoms. The predicted octanol–water partition coefficient (Wildman–Crippen LogP) is 5.06. The van der Waals surface area contributed by atoms with Crippen molar-refractivity contribution in [1.82, 2.24) is 0 Å². The van der Waals surface area contributed by atoms with Crippen LogP contribution in [0.25, 0.3) is 0 Å². The molecule has 0 atom stereocenters. The minimum Gasteiger partial charge on any atom is -0.490 e. The number of ether oxygens (including phenoxy) is 2. The Morgan fingerprint density at radius 3 is 2.39 bits per heavy atom. The van der Waals surface area contributed by atoms with Crippen molar-refractivity contribution in [2.45, 2.75) is 39.0 Å². The third kappa shape index (κ3) is 5.26. The fourth-order valence-electron chi connectivity index (χ4n) is 3.01. The van der Waals surface area contributed by atoms with E-state index < -0.39 is 0 Å². The van der Waals surface area contributed by atoms with E-state index in [1.807, 2.05) is 24.3 Å². The molecule has 0 saturated carbocycles. The number of hydrogen-bond donors (Lipinski definition) is 1. The van der Waals surface area contributed by atoms with E-state index in [4.69, 9.17) is 21.1 Å². The van der Waals surface area contributed by atoms with Crippen LogP contribution in [-0.2, 0) is 11.2 Å².